The molecule has 0 aromatic carbocycles. The Morgan fingerprint density at radius 2 is 2.05 bits per heavy atom. The van der Waals surface area contributed by atoms with Gasteiger partial charge in [0.05, 0.1) is 5.69 Å². The number of aryl methyl sites for hydroxylation is 1. The van der Waals surface area contributed by atoms with Crippen LogP contribution < -0.4 is 10.2 Å². The third-order valence-electron chi connectivity index (χ3n) is 5.08. The summed E-state index contributed by atoms with van der Waals surface area (Å²) < 4.78 is 0. The molecule has 4 heteroatoms. The maximum atomic E-state index is 4.91. The summed E-state index contributed by atoms with van der Waals surface area (Å²) in [5.41, 5.74) is 1.23. The molecule has 3 nitrogen and oxygen atoms in total. The highest BCUT2D eigenvalue weighted by Crippen LogP contribution is 2.39. The number of thiazole rings is 1. The summed E-state index contributed by atoms with van der Waals surface area (Å²) >= 11 is 1.92. The molecule has 3 rings (SSSR count). The molecule has 1 saturated carbocycles. The highest BCUT2D eigenvalue weighted by molar-refractivity contribution is 7.15. The Morgan fingerprint density at radius 3 is 2.90 bits per heavy atom. The minimum absolute atomic E-state index is 0.773. The van der Waals surface area contributed by atoms with Crippen LogP contribution in [0.4, 0.5) is 5.13 Å². The molecule has 0 amide bonds. The molecule has 0 spiro atoms. The molecule has 118 valence electrons. The van der Waals surface area contributed by atoms with E-state index >= 15 is 0 Å². The van der Waals surface area contributed by atoms with Gasteiger partial charge in [-0.05, 0) is 51.5 Å². The Kier molecular flexibility index (Phi) is 5.17. The summed E-state index contributed by atoms with van der Waals surface area (Å²) in [6.45, 7) is 7.69. The van der Waals surface area contributed by atoms with Crippen molar-refractivity contribution >= 4 is 16.5 Å². The molecule has 1 saturated heterocycles. The van der Waals surface area contributed by atoms with Crippen LogP contribution in [0.15, 0.2) is 0 Å². The van der Waals surface area contributed by atoms with Crippen LogP contribution in [0, 0.1) is 12.8 Å². The maximum Gasteiger partial charge on any atom is 0.186 e. The topological polar surface area (TPSA) is 28.2 Å². The lowest BCUT2D eigenvalue weighted by Crippen LogP contribution is -2.46. The van der Waals surface area contributed by atoms with E-state index in [0.29, 0.717) is 0 Å². The fraction of sp³-hybridized carbons (Fsp3) is 0.824. The fourth-order valence-electron chi connectivity index (χ4n) is 3.94. The summed E-state index contributed by atoms with van der Waals surface area (Å²) in [6.07, 6.45) is 9.66. The minimum atomic E-state index is 0.773. The van der Waals surface area contributed by atoms with Crippen molar-refractivity contribution in [3.63, 3.8) is 0 Å². The van der Waals surface area contributed by atoms with E-state index in [1.165, 1.54) is 67.2 Å². The van der Waals surface area contributed by atoms with Crippen molar-refractivity contribution in [3.05, 3.63) is 10.6 Å². The van der Waals surface area contributed by atoms with Crippen molar-refractivity contribution in [1.82, 2.24) is 10.3 Å². The first-order valence-corrected chi connectivity index (χ1v) is 9.55. The first-order chi connectivity index (χ1) is 10.3. The van der Waals surface area contributed by atoms with Gasteiger partial charge in [0.2, 0.25) is 0 Å². The minimum Gasteiger partial charge on any atom is -0.345 e. The van der Waals surface area contributed by atoms with Gasteiger partial charge in [-0.2, -0.15) is 0 Å². The van der Waals surface area contributed by atoms with E-state index in [-0.39, 0.29) is 0 Å². The van der Waals surface area contributed by atoms with E-state index in [0.717, 1.165) is 25.0 Å². The molecular weight excluding hydrogens is 278 g/mol. The van der Waals surface area contributed by atoms with Gasteiger partial charge in [0, 0.05) is 24.0 Å². The predicted molar refractivity (Wildman–Crippen MR) is 91.2 cm³/mol. The first kappa shape index (κ1) is 15.3. The van der Waals surface area contributed by atoms with Gasteiger partial charge in [-0.15, -0.1) is 11.3 Å². The molecule has 1 aromatic rings. The molecule has 2 heterocycles. The molecule has 1 aromatic heterocycles. The van der Waals surface area contributed by atoms with Crippen molar-refractivity contribution in [2.75, 3.05) is 18.0 Å². The molecule has 2 fully saturated rings. The van der Waals surface area contributed by atoms with Crippen LogP contribution in [0.2, 0.25) is 0 Å². The van der Waals surface area contributed by atoms with Gasteiger partial charge >= 0.3 is 0 Å². The zero-order valence-corrected chi connectivity index (χ0v) is 14.3. The summed E-state index contributed by atoms with van der Waals surface area (Å²) in [7, 11) is 0. The van der Waals surface area contributed by atoms with Crippen molar-refractivity contribution in [2.45, 2.75) is 71.4 Å². The Balaban J connectivity index is 1.71. The lowest BCUT2D eigenvalue weighted by atomic mass is 9.78. The monoisotopic (exact) mass is 307 g/mol. The third kappa shape index (κ3) is 3.42. The number of piperidine rings is 1. The normalized spacial score (nSPS) is 25.9. The molecule has 1 aliphatic heterocycles. The second kappa shape index (κ2) is 7.10. The summed E-state index contributed by atoms with van der Waals surface area (Å²) in [6, 6.07) is 0.773. The number of fused-ring (bicyclic) bond motifs is 1. The van der Waals surface area contributed by atoms with E-state index in [2.05, 4.69) is 24.1 Å². The fourth-order valence-corrected chi connectivity index (χ4v) is 5.05. The van der Waals surface area contributed by atoms with Crippen LogP contribution in [0.5, 0.6) is 0 Å². The Labute approximate surface area is 133 Å². The molecule has 1 N–H and O–H groups in total. The van der Waals surface area contributed by atoms with Crippen molar-refractivity contribution in [3.8, 4) is 0 Å². The van der Waals surface area contributed by atoms with Gasteiger partial charge in [0.25, 0.3) is 0 Å². The van der Waals surface area contributed by atoms with Crippen LogP contribution in [0.25, 0.3) is 0 Å². The van der Waals surface area contributed by atoms with Gasteiger partial charge in [-0.25, -0.2) is 4.98 Å². The Morgan fingerprint density at radius 1 is 1.24 bits per heavy atom. The lowest BCUT2D eigenvalue weighted by Gasteiger charge is -2.44. The molecule has 1 aliphatic carbocycles. The second-order valence-electron chi connectivity index (χ2n) is 6.63. The van der Waals surface area contributed by atoms with E-state index in [1.807, 2.05) is 11.3 Å². The zero-order chi connectivity index (χ0) is 14.7. The molecule has 0 radical (unpaired) electrons. The van der Waals surface area contributed by atoms with Gasteiger partial charge in [-0.1, -0.05) is 19.8 Å². The van der Waals surface area contributed by atoms with E-state index in [1.54, 1.807) is 0 Å². The highest BCUT2D eigenvalue weighted by Gasteiger charge is 2.34. The maximum absolute atomic E-state index is 4.91. The number of hydrogen-bond acceptors (Lipinski definition) is 4. The molecule has 2 aliphatic rings. The number of nitrogens with one attached hydrogen (secondary N) is 1. The number of anilines is 1. The average molecular weight is 308 g/mol. The highest BCUT2D eigenvalue weighted by atomic mass is 32.1. The Hall–Kier alpha value is -0.610. The second-order valence-corrected chi connectivity index (χ2v) is 7.69. The van der Waals surface area contributed by atoms with E-state index in [4.69, 9.17) is 4.98 Å². The van der Waals surface area contributed by atoms with Crippen LogP contribution >= 0.6 is 11.3 Å². The van der Waals surface area contributed by atoms with Gasteiger partial charge in [0.1, 0.15) is 0 Å². The number of rotatable bonds is 5. The molecule has 0 bridgehead atoms. The largest absolute Gasteiger partial charge is 0.345 e. The van der Waals surface area contributed by atoms with Crippen molar-refractivity contribution in [1.29, 1.82) is 0 Å². The third-order valence-corrected chi connectivity index (χ3v) is 6.28. The average Bonchev–Trinajstić information content (AvgIpc) is 2.88. The molecule has 2 unspecified atom stereocenters. The molecule has 2 atom stereocenters. The SMILES string of the molecule is CCCNCc1sc(N2CCCC3CCCCC32)nc1C. The Bertz CT molecular complexity index is 455. The number of aromatic nitrogens is 1. The standard InChI is InChI=1S/C17H29N3S/c1-3-10-18-12-16-13(2)19-17(21-16)20-11-6-8-14-7-4-5-9-15(14)20/h14-15,18H,3-12H2,1-2H3. The summed E-state index contributed by atoms with van der Waals surface area (Å²) in [4.78, 5) is 8.98. The molecular formula is C17H29N3S. The van der Waals surface area contributed by atoms with Gasteiger partial charge in [0.15, 0.2) is 5.13 Å². The smallest absolute Gasteiger partial charge is 0.186 e. The first-order valence-electron chi connectivity index (χ1n) is 8.73. The molecule has 21 heavy (non-hydrogen) atoms. The van der Waals surface area contributed by atoms with Crippen molar-refractivity contribution in [2.24, 2.45) is 5.92 Å². The van der Waals surface area contributed by atoms with Gasteiger partial charge < -0.3 is 10.2 Å². The number of nitrogens with zero attached hydrogens (tertiary/aromatic N) is 2. The van der Waals surface area contributed by atoms with Crippen LogP contribution in [-0.4, -0.2) is 24.1 Å². The van der Waals surface area contributed by atoms with Gasteiger partial charge in [-0.3, -0.25) is 0 Å². The van der Waals surface area contributed by atoms with Crippen LogP contribution in [0.1, 0.15) is 62.4 Å². The van der Waals surface area contributed by atoms with E-state index in [9.17, 15) is 0 Å². The lowest BCUT2D eigenvalue weighted by molar-refractivity contribution is 0.243. The summed E-state index contributed by atoms with van der Waals surface area (Å²) in [5.74, 6) is 0.929. The van der Waals surface area contributed by atoms with Crippen LogP contribution in [0.3, 0.4) is 0 Å². The zero-order valence-electron chi connectivity index (χ0n) is 13.5. The van der Waals surface area contributed by atoms with Crippen molar-refractivity contribution < 1.29 is 0 Å². The summed E-state index contributed by atoms with van der Waals surface area (Å²) in [5, 5.41) is 4.81. The quantitative estimate of drug-likeness (QED) is 0.830. The number of hydrogen-bond donors (Lipinski definition) is 1. The predicted octanol–water partition coefficient (Wildman–Crippen LogP) is 4.11. The van der Waals surface area contributed by atoms with E-state index < -0.39 is 0 Å². The van der Waals surface area contributed by atoms with Crippen LogP contribution in [-0.2, 0) is 6.54 Å².